The normalized spacial score (nSPS) is 16.4. The van der Waals surface area contributed by atoms with Crippen molar-refractivity contribution in [1.82, 2.24) is 14.5 Å². The van der Waals surface area contributed by atoms with Crippen molar-refractivity contribution in [2.75, 3.05) is 39.2 Å². The van der Waals surface area contributed by atoms with Gasteiger partial charge >= 0.3 is 6.03 Å². The number of piperazine rings is 1. The highest BCUT2D eigenvalue weighted by atomic mass is 32.2. The van der Waals surface area contributed by atoms with E-state index in [1.807, 2.05) is 31.2 Å². The molecule has 0 saturated carbocycles. The van der Waals surface area contributed by atoms with E-state index in [2.05, 4.69) is 5.32 Å². The van der Waals surface area contributed by atoms with Crippen LogP contribution in [0.3, 0.4) is 0 Å². The first-order valence-corrected chi connectivity index (χ1v) is 8.88. The number of sulfonamides is 1. The van der Waals surface area contributed by atoms with E-state index in [4.69, 9.17) is 4.74 Å². The van der Waals surface area contributed by atoms with Gasteiger partial charge in [-0.25, -0.2) is 13.2 Å². The third-order valence-corrected chi connectivity index (χ3v) is 4.78. The fourth-order valence-corrected chi connectivity index (χ4v) is 2.98. The van der Waals surface area contributed by atoms with Gasteiger partial charge in [0.25, 0.3) is 0 Å². The number of hydrogen-bond donors (Lipinski definition) is 1. The molecule has 0 spiro atoms. The second kappa shape index (κ2) is 6.97. The summed E-state index contributed by atoms with van der Waals surface area (Å²) in [6.45, 7) is 3.47. The van der Waals surface area contributed by atoms with Gasteiger partial charge in [0.1, 0.15) is 5.75 Å². The zero-order chi connectivity index (χ0) is 16.2. The van der Waals surface area contributed by atoms with Gasteiger partial charge in [-0.1, -0.05) is 17.7 Å². The maximum absolute atomic E-state index is 12.0. The van der Waals surface area contributed by atoms with Crippen LogP contribution >= 0.6 is 0 Å². The Bertz CT molecular complexity index is 607. The number of aryl methyl sites for hydroxylation is 1. The van der Waals surface area contributed by atoms with E-state index in [1.54, 1.807) is 4.90 Å². The summed E-state index contributed by atoms with van der Waals surface area (Å²) >= 11 is 0. The molecule has 1 aliphatic rings. The molecule has 1 N–H and O–H groups in total. The van der Waals surface area contributed by atoms with Crippen molar-refractivity contribution < 1.29 is 17.9 Å². The van der Waals surface area contributed by atoms with Crippen LogP contribution in [-0.4, -0.2) is 62.8 Å². The van der Waals surface area contributed by atoms with Gasteiger partial charge in [0.05, 0.1) is 6.26 Å². The quantitative estimate of drug-likeness (QED) is 0.822. The number of benzene rings is 1. The number of nitrogens with zero attached hydrogens (tertiary/aromatic N) is 2. The maximum Gasteiger partial charge on any atom is 0.320 e. The van der Waals surface area contributed by atoms with Crippen LogP contribution in [0.15, 0.2) is 24.3 Å². The first-order chi connectivity index (χ1) is 10.4. The average Bonchev–Trinajstić information content (AvgIpc) is 2.48. The Morgan fingerprint density at radius 1 is 1.18 bits per heavy atom. The molecular formula is C14H21N3O4S. The zero-order valence-electron chi connectivity index (χ0n) is 12.8. The Hall–Kier alpha value is -1.80. The zero-order valence-corrected chi connectivity index (χ0v) is 13.6. The largest absolute Gasteiger partial charge is 0.473 e. The minimum Gasteiger partial charge on any atom is -0.473 e. The molecule has 1 fully saturated rings. The molecule has 2 amide bonds. The SMILES string of the molecule is Cc1ccc(OCNC(=O)N2CCN(S(C)(=O)=O)CC2)cc1. The van der Waals surface area contributed by atoms with Crippen LogP contribution in [0.1, 0.15) is 5.56 Å². The minimum absolute atomic E-state index is 0.0776. The summed E-state index contributed by atoms with van der Waals surface area (Å²) < 4.78 is 29.6. The fraction of sp³-hybridized carbons (Fsp3) is 0.500. The Morgan fingerprint density at radius 2 is 1.77 bits per heavy atom. The number of rotatable bonds is 4. The first-order valence-electron chi connectivity index (χ1n) is 7.03. The van der Waals surface area contributed by atoms with Crippen molar-refractivity contribution in [1.29, 1.82) is 0 Å². The van der Waals surface area contributed by atoms with Crippen molar-refractivity contribution in [3.8, 4) is 5.75 Å². The number of carbonyl (C=O) groups is 1. The molecule has 1 heterocycles. The number of amides is 2. The lowest BCUT2D eigenvalue weighted by Gasteiger charge is -2.33. The average molecular weight is 327 g/mol. The standard InChI is InChI=1S/C14H21N3O4S/c1-12-3-5-13(6-4-12)21-11-15-14(18)16-7-9-17(10-8-16)22(2,19)20/h3-6H,7-11H2,1-2H3,(H,15,18). The summed E-state index contributed by atoms with van der Waals surface area (Å²) in [4.78, 5) is 13.5. The highest BCUT2D eigenvalue weighted by Crippen LogP contribution is 2.11. The third-order valence-electron chi connectivity index (χ3n) is 3.48. The van der Waals surface area contributed by atoms with Crippen LogP contribution in [0.2, 0.25) is 0 Å². The van der Waals surface area contributed by atoms with Gasteiger partial charge in [-0.05, 0) is 19.1 Å². The molecule has 1 aliphatic heterocycles. The number of carbonyl (C=O) groups excluding carboxylic acids is 1. The summed E-state index contributed by atoms with van der Waals surface area (Å²) in [6.07, 6.45) is 1.18. The predicted octanol–water partition coefficient (Wildman–Crippen LogP) is 0.618. The van der Waals surface area contributed by atoms with Crippen molar-refractivity contribution in [2.45, 2.75) is 6.92 Å². The summed E-state index contributed by atoms with van der Waals surface area (Å²) in [6, 6.07) is 7.29. The van der Waals surface area contributed by atoms with Gasteiger partial charge in [-0.3, -0.25) is 0 Å². The van der Waals surface area contributed by atoms with Crippen LogP contribution < -0.4 is 10.1 Å². The molecule has 1 aromatic rings. The molecule has 0 aliphatic carbocycles. The van der Waals surface area contributed by atoms with E-state index in [0.717, 1.165) is 5.56 Å². The highest BCUT2D eigenvalue weighted by Gasteiger charge is 2.25. The Labute approximate surface area is 130 Å². The number of urea groups is 1. The van der Waals surface area contributed by atoms with E-state index in [0.29, 0.717) is 31.9 Å². The van der Waals surface area contributed by atoms with Gasteiger partial charge < -0.3 is 15.0 Å². The van der Waals surface area contributed by atoms with E-state index in [1.165, 1.54) is 10.6 Å². The second-order valence-corrected chi connectivity index (χ2v) is 7.22. The smallest absolute Gasteiger partial charge is 0.320 e. The van der Waals surface area contributed by atoms with Gasteiger partial charge in [0.15, 0.2) is 6.73 Å². The van der Waals surface area contributed by atoms with Gasteiger partial charge in [-0.2, -0.15) is 4.31 Å². The number of nitrogens with one attached hydrogen (secondary N) is 1. The molecule has 0 aromatic heterocycles. The lowest BCUT2D eigenvalue weighted by atomic mass is 10.2. The molecule has 1 saturated heterocycles. The third kappa shape index (κ3) is 4.60. The number of hydrogen-bond acceptors (Lipinski definition) is 4. The predicted molar refractivity (Wildman–Crippen MR) is 83.2 cm³/mol. The van der Waals surface area contributed by atoms with Crippen molar-refractivity contribution in [2.24, 2.45) is 0 Å². The maximum atomic E-state index is 12.0. The minimum atomic E-state index is -3.18. The monoisotopic (exact) mass is 327 g/mol. The van der Waals surface area contributed by atoms with Gasteiger partial charge in [0, 0.05) is 26.2 Å². The highest BCUT2D eigenvalue weighted by molar-refractivity contribution is 7.88. The fourth-order valence-electron chi connectivity index (χ4n) is 2.15. The molecule has 22 heavy (non-hydrogen) atoms. The van der Waals surface area contributed by atoms with Crippen molar-refractivity contribution in [3.05, 3.63) is 29.8 Å². The molecular weight excluding hydrogens is 306 g/mol. The van der Waals surface area contributed by atoms with Gasteiger partial charge in [0.2, 0.25) is 10.0 Å². The van der Waals surface area contributed by atoms with Crippen LogP contribution in [0, 0.1) is 6.92 Å². The van der Waals surface area contributed by atoms with Crippen molar-refractivity contribution >= 4 is 16.1 Å². The lowest BCUT2D eigenvalue weighted by Crippen LogP contribution is -2.53. The van der Waals surface area contributed by atoms with Crippen molar-refractivity contribution in [3.63, 3.8) is 0 Å². The molecule has 8 heteroatoms. The number of ether oxygens (including phenoxy) is 1. The molecule has 7 nitrogen and oxygen atoms in total. The second-order valence-electron chi connectivity index (χ2n) is 5.23. The molecule has 2 rings (SSSR count). The van der Waals surface area contributed by atoms with Crippen LogP contribution in [-0.2, 0) is 10.0 Å². The van der Waals surface area contributed by atoms with Gasteiger partial charge in [-0.15, -0.1) is 0 Å². The molecule has 0 unspecified atom stereocenters. The summed E-state index contributed by atoms with van der Waals surface area (Å²) in [5, 5.41) is 2.67. The topological polar surface area (TPSA) is 79.0 Å². The molecule has 1 aromatic carbocycles. The van der Waals surface area contributed by atoms with E-state index >= 15 is 0 Å². The van der Waals surface area contributed by atoms with Crippen LogP contribution in [0.25, 0.3) is 0 Å². The molecule has 0 bridgehead atoms. The first kappa shape index (κ1) is 16.6. The van der Waals surface area contributed by atoms with Crippen LogP contribution in [0.5, 0.6) is 5.75 Å². The van der Waals surface area contributed by atoms with E-state index < -0.39 is 10.0 Å². The van der Waals surface area contributed by atoms with E-state index in [9.17, 15) is 13.2 Å². The molecule has 0 atom stereocenters. The Kier molecular flexibility index (Phi) is 5.25. The lowest BCUT2D eigenvalue weighted by molar-refractivity contribution is 0.162. The van der Waals surface area contributed by atoms with E-state index in [-0.39, 0.29) is 12.8 Å². The van der Waals surface area contributed by atoms with Crippen LogP contribution in [0.4, 0.5) is 4.79 Å². The molecule has 122 valence electrons. The Balaban J connectivity index is 1.73. The summed E-state index contributed by atoms with van der Waals surface area (Å²) in [5.74, 6) is 0.688. The molecule has 0 radical (unpaired) electrons. The summed E-state index contributed by atoms with van der Waals surface area (Å²) in [5.41, 5.74) is 1.14. The Morgan fingerprint density at radius 3 is 2.32 bits per heavy atom. The summed E-state index contributed by atoms with van der Waals surface area (Å²) in [7, 11) is -3.18.